The van der Waals surface area contributed by atoms with E-state index in [1.165, 1.54) is 11.1 Å². The number of piperazine rings is 1. The molecule has 1 aliphatic carbocycles. The van der Waals surface area contributed by atoms with E-state index in [9.17, 15) is 14.7 Å². The molecule has 2 atom stereocenters. The topological polar surface area (TPSA) is 69.6 Å². The molecule has 0 bridgehead atoms. The predicted octanol–water partition coefficient (Wildman–Crippen LogP) is 0.211. The molecule has 5 heteroatoms. The van der Waals surface area contributed by atoms with Crippen LogP contribution in [-0.4, -0.2) is 47.6 Å². The molecule has 0 aromatic heterocycles. The summed E-state index contributed by atoms with van der Waals surface area (Å²) in [5, 5.41) is 11.8. The van der Waals surface area contributed by atoms with Gasteiger partial charge in [0.15, 0.2) is 0 Å². The predicted molar refractivity (Wildman–Crippen MR) is 68.9 cm³/mol. The zero-order chi connectivity index (χ0) is 13.4. The molecule has 100 valence electrons. The summed E-state index contributed by atoms with van der Waals surface area (Å²) >= 11 is 0. The van der Waals surface area contributed by atoms with Gasteiger partial charge in [-0.2, -0.15) is 0 Å². The Kier molecular flexibility index (Phi) is 2.98. The lowest BCUT2D eigenvalue weighted by Crippen LogP contribution is -2.58. The first-order valence-electron chi connectivity index (χ1n) is 6.46. The minimum Gasteiger partial charge on any atom is -0.480 e. The number of carboxylic acid groups (broad SMARTS) is 1. The van der Waals surface area contributed by atoms with Crippen molar-refractivity contribution in [2.24, 2.45) is 0 Å². The van der Waals surface area contributed by atoms with E-state index in [1.54, 1.807) is 4.90 Å². The van der Waals surface area contributed by atoms with E-state index < -0.39 is 12.0 Å². The maximum atomic E-state index is 11.4. The molecule has 2 N–H and O–H groups in total. The minimum atomic E-state index is -0.868. The summed E-state index contributed by atoms with van der Waals surface area (Å²) in [4.78, 5) is 24.4. The summed E-state index contributed by atoms with van der Waals surface area (Å²) in [6, 6.07) is 7.60. The number of benzene rings is 1. The third kappa shape index (κ3) is 2.21. The first-order chi connectivity index (χ1) is 9.15. The maximum Gasteiger partial charge on any atom is 0.322 e. The van der Waals surface area contributed by atoms with Crippen LogP contribution in [0.15, 0.2) is 24.3 Å². The number of carbonyl (C=O) groups excluding carboxylic acids is 1. The maximum absolute atomic E-state index is 11.4. The summed E-state index contributed by atoms with van der Waals surface area (Å²) in [7, 11) is 0. The van der Waals surface area contributed by atoms with Crippen LogP contribution in [0.2, 0.25) is 0 Å². The van der Waals surface area contributed by atoms with Gasteiger partial charge in [-0.15, -0.1) is 0 Å². The van der Waals surface area contributed by atoms with E-state index in [4.69, 9.17) is 0 Å². The van der Waals surface area contributed by atoms with Crippen molar-refractivity contribution in [3.05, 3.63) is 35.4 Å². The van der Waals surface area contributed by atoms with Crippen LogP contribution in [0.3, 0.4) is 0 Å². The highest BCUT2D eigenvalue weighted by Crippen LogP contribution is 2.35. The standard InChI is InChI=1S/C14H16N2O3/c17-13-8-16(12(6-15-13)14(18)19)7-10-5-9-3-1-2-4-11(9)10/h1-4,10,12H,5-8H2,(H,15,17)(H,18,19). The normalized spacial score (nSPS) is 26.2. The monoisotopic (exact) mass is 260 g/mol. The second-order valence-corrected chi connectivity index (χ2v) is 5.19. The van der Waals surface area contributed by atoms with Crippen LogP contribution in [0.1, 0.15) is 17.0 Å². The number of fused-ring (bicyclic) bond motifs is 1. The van der Waals surface area contributed by atoms with Crippen molar-refractivity contribution in [2.75, 3.05) is 19.6 Å². The van der Waals surface area contributed by atoms with Crippen LogP contribution >= 0.6 is 0 Å². The van der Waals surface area contributed by atoms with Gasteiger partial charge in [0.2, 0.25) is 5.91 Å². The Morgan fingerprint density at radius 1 is 1.42 bits per heavy atom. The summed E-state index contributed by atoms with van der Waals surface area (Å²) in [6.07, 6.45) is 0.973. The lowest BCUT2D eigenvalue weighted by atomic mass is 9.77. The number of amides is 1. The van der Waals surface area contributed by atoms with Crippen LogP contribution in [-0.2, 0) is 16.0 Å². The third-order valence-electron chi connectivity index (χ3n) is 3.98. The van der Waals surface area contributed by atoms with Gasteiger partial charge in [0, 0.05) is 19.0 Å². The Labute approximate surface area is 111 Å². The van der Waals surface area contributed by atoms with Crippen molar-refractivity contribution in [2.45, 2.75) is 18.4 Å². The molecule has 0 spiro atoms. The Balaban J connectivity index is 1.71. The summed E-state index contributed by atoms with van der Waals surface area (Å²) < 4.78 is 0. The summed E-state index contributed by atoms with van der Waals surface area (Å²) in [6.45, 7) is 1.01. The second-order valence-electron chi connectivity index (χ2n) is 5.19. The molecule has 1 aliphatic heterocycles. The van der Waals surface area contributed by atoms with Gasteiger partial charge in [-0.05, 0) is 17.5 Å². The van der Waals surface area contributed by atoms with E-state index in [1.807, 2.05) is 12.1 Å². The number of hydrogen-bond acceptors (Lipinski definition) is 3. The van der Waals surface area contributed by atoms with Gasteiger partial charge in [-0.25, -0.2) is 0 Å². The number of carboxylic acids is 1. The Morgan fingerprint density at radius 2 is 2.21 bits per heavy atom. The highest BCUT2D eigenvalue weighted by atomic mass is 16.4. The Morgan fingerprint density at radius 3 is 2.95 bits per heavy atom. The van der Waals surface area contributed by atoms with Crippen molar-refractivity contribution in [3.63, 3.8) is 0 Å². The molecule has 0 saturated carbocycles. The number of hydrogen-bond donors (Lipinski definition) is 2. The molecule has 1 fully saturated rings. The average Bonchev–Trinajstić information content (AvgIpc) is 2.35. The van der Waals surface area contributed by atoms with Gasteiger partial charge >= 0.3 is 5.97 Å². The molecule has 1 heterocycles. The fraction of sp³-hybridized carbons (Fsp3) is 0.429. The first kappa shape index (κ1) is 12.2. The van der Waals surface area contributed by atoms with E-state index in [0.29, 0.717) is 12.5 Å². The van der Waals surface area contributed by atoms with Crippen LogP contribution < -0.4 is 5.32 Å². The van der Waals surface area contributed by atoms with Crippen molar-refractivity contribution >= 4 is 11.9 Å². The molecule has 2 unspecified atom stereocenters. The SMILES string of the molecule is O=C1CN(CC2Cc3ccccc32)C(C(=O)O)CN1. The molecule has 3 rings (SSSR count). The van der Waals surface area contributed by atoms with Crippen molar-refractivity contribution in [1.82, 2.24) is 10.2 Å². The summed E-state index contributed by atoms with van der Waals surface area (Å²) in [5.41, 5.74) is 2.62. The van der Waals surface area contributed by atoms with Crippen LogP contribution in [0.4, 0.5) is 0 Å². The van der Waals surface area contributed by atoms with Crippen LogP contribution in [0.5, 0.6) is 0 Å². The van der Waals surface area contributed by atoms with Crippen LogP contribution in [0.25, 0.3) is 0 Å². The zero-order valence-electron chi connectivity index (χ0n) is 10.5. The van der Waals surface area contributed by atoms with Gasteiger partial charge in [0.1, 0.15) is 6.04 Å². The molecule has 2 aliphatic rings. The molecule has 0 radical (unpaired) electrons. The second kappa shape index (κ2) is 4.66. The number of rotatable bonds is 3. The van der Waals surface area contributed by atoms with Gasteiger partial charge in [0.25, 0.3) is 0 Å². The molecular formula is C14H16N2O3. The lowest BCUT2D eigenvalue weighted by Gasteiger charge is -2.39. The highest BCUT2D eigenvalue weighted by molar-refractivity contribution is 5.83. The number of nitrogens with one attached hydrogen (secondary N) is 1. The van der Waals surface area contributed by atoms with Gasteiger partial charge < -0.3 is 10.4 Å². The average molecular weight is 260 g/mol. The molecule has 19 heavy (non-hydrogen) atoms. The van der Waals surface area contributed by atoms with E-state index in [-0.39, 0.29) is 19.0 Å². The van der Waals surface area contributed by atoms with E-state index >= 15 is 0 Å². The Hall–Kier alpha value is -1.88. The van der Waals surface area contributed by atoms with Gasteiger partial charge in [-0.1, -0.05) is 24.3 Å². The molecule has 1 aromatic rings. The number of aliphatic carboxylic acids is 1. The number of nitrogens with zero attached hydrogens (tertiary/aromatic N) is 1. The zero-order valence-corrected chi connectivity index (χ0v) is 10.5. The van der Waals surface area contributed by atoms with Gasteiger partial charge in [0.05, 0.1) is 6.54 Å². The smallest absolute Gasteiger partial charge is 0.322 e. The summed E-state index contributed by atoms with van der Waals surface area (Å²) in [5.74, 6) is -0.610. The van der Waals surface area contributed by atoms with E-state index in [2.05, 4.69) is 17.4 Å². The Bertz CT molecular complexity index is 529. The third-order valence-corrected chi connectivity index (χ3v) is 3.98. The molecule has 1 amide bonds. The quantitative estimate of drug-likeness (QED) is 0.815. The highest BCUT2D eigenvalue weighted by Gasteiger charge is 2.36. The van der Waals surface area contributed by atoms with Crippen molar-refractivity contribution in [1.29, 1.82) is 0 Å². The minimum absolute atomic E-state index is 0.0925. The number of carbonyl (C=O) groups is 2. The van der Waals surface area contributed by atoms with Crippen LogP contribution in [0, 0.1) is 0 Å². The lowest BCUT2D eigenvalue weighted by molar-refractivity contribution is -0.146. The largest absolute Gasteiger partial charge is 0.480 e. The fourth-order valence-corrected chi connectivity index (χ4v) is 2.93. The first-order valence-corrected chi connectivity index (χ1v) is 6.46. The molecule has 1 aromatic carbocycles. The molecular weight excluding hydrogens is 244 g/mol. The van der Waals surface area contributed by atoms with Gasteiger partial charge in [-0.3, -0.25) is 14.5 Å². The van der Waals surface area contributed by atoms with Crippen molar-refractivity contribution in [3.8, 4) is 0 Å². The molecule has 1 saturated heterocycles. The van der Waals surface area contributed by atoms with E-state index in [0.717, 1.165) is 6.42 Å². The fourth-order valence-electron chi connectivity index (χ4n) is 2.93. The van der Waals surface area contributed by atoms with Crippen molar-refractivity contribution < 1.29 is 14.7 Å². The molecule has 5 nitrogen and oxygen atoms in total.